The smallest absolute Gasteiger partial charge is 0.436 e. The fourth-order valence-electron chi connectivity index (χ4n) is 1.48. The second-order valence-corrected chi connectivity index (χ2v) is 3.12. The Morgan fingerprint density at radius 3 is 2.50 bits per heavy atom. The predicted molar refractivity (Wildman–Crippen MR) is 44.1 cm³/mol. The zero-order chi connectivity index (χ0) is 8.97. The average molecular weight is 173 g/mol. The Balaban J connectivity index is 2.24. The highest BCUT2D eigenvalue weighted by Gasteiger charge is 2.16. The maximum absolute atomic E-state index is 10.3. The predicted octanol–water partition coefficient (Wildman–Crippen LogP) is 0.677. The number of amides is 1. The van der Waals surface area contributed by atoms with E-state index in [1.165, 1.54) is 6.42 Å². The summed E-state index contributed by atoms with van der Waals surface area (Å²) >= 11 is 0. The molecular formula is C7H15N3O2. The summed E-state index contributed by atoms with van der Waals surface area (Å²) in [6.07, 6.45) is 4.45. The van der Waals surface area contributed by atoms with Crippen LogP contribution >= 0.6 is 0 Å². The normalized spacial score (nSPS) is 19.1. The quantitative estimate of drug-likeness (QED) is 0.326. The van der Waals surface area contributed by atoms with Crippen molar-refractivity contribution < 1.29 is 9.90 Å². The molecule has 5 heteroatoms. The number of rotatable bonds is 2. The van der Waals surface area contributed by atoms with Crippen molar-refractivity contribution in [2.75, 3.05) is 0 Å². The minimum Gasteiger partial charge on any atom is -0.463 e. The van der Waals surface area contributed by atoms with Crippen LogP contribution in [0.15, 0.2) is 0 Å². The molecule has 0 radical (unpaired) electrons. The first-order chi connectivity index (χ1) is 5.70. The number of carbonyl (C=O) groups is 1. The largest absolute Gasteiger partial charge is 0.463 e. The molecule has 1 saturated carbocycles. The molecule has 5 nitrogen and oxygen atoms in total. The minimum atomic E-state index is -1.14. The molecule has 0 heterocycles. The molecule has 0 aliphatic heterocycles. The summed E-state index contributed by atoms with van der Waals surface area (Å²) < 4.78 is 0. The number of carboxylic acid groups (broad SMARTS) is 1. The third kappa shape index (κ3) is 2.67. The first-order valence-corrected chi connectivity index (χ1v) is 4.24. The van der Waals surface area contributed by atoms with Crippen molar-refractivity contribution in [3.63, 3.8) is 0 Å². The highest BCUT2D eigenvalue weighted by Crippen LogP contribution is 2.17. The van der Waals surface area contributed by atoms with Crippen molar-refractivity contribution in [1.29, 1.82) is 0 Å². The lowest BCUT2D eigenvalue weighted by Crippen LogP contribution is -2.52. The number of nitrogens with two attached hydrogens (primary N) is 1. The van der Waals surface area contributed by atoms with Gasteiger partial charge in [0.1, 0.15) is 0 Å². The Bertz CT molecular complexity index is 157. The third-order valence-electron chi connectivity index (χ3n) is 2.13. The maximum atomic E-state index is 10.3. The lowest BCUT2D eigenvalue weighted by Gasteiger charge is -2.26. The van der Waals surface area contributed by atoms with Crippen molar-refractivity contribution in [3.8, 4) is 0 Å². The van der Waals surface area contributed by atoms with Gasteiger partial charge in [0.25, 0.3) is 0 Å². The fourth-order valence-corrected chi connectivity index (χ4v) is 1.48. The summed E-state index contributed by atoms with van der Waals surface area (Å²) in [5.41, 5.74) is 2.73. The lowest BCUT2D eigenvalue weighted by molar-refractivity contribution is 0.103. The van der Waals surface area contributed by atoms with E-state index in [1.807, 2.05) is 0 Å². The topological polar surface area (TPSA) is 78.6 Å². The first-order valence-electron chi connectivity index (χ1n) is 4.24. The monoisotopic (exact) mass is 173 g/mol. The van der Waals surface area contributed by atoms with Crippen molar-refractivity contribution in [2.45, 2.75) is 38.1 Å². The third-order valence-corrected chi connectivity index (χ3v) is 2.13. The molecule has 0 aromatic rings. The van der Waals surface area contributed by atoms with E-state index in [9.17, 15) is 4.79 Å². The Morgan fingerprint density at radius 1 is 1.42 bits per heavy atom. The van der Waals surface area contributed by atoms with E-state index < -0.39 is 6.09 Å². The maximum Gasteiger partial charge on any atom is 0.436 e. The Hall–Kier alpha value is -0.810. The number of nitrogens with zero attached hydrogens (tertiary/aromatic N) is 1. The van der Waals surface area contributed by atoms with E-state index >= 15 is 0 Å². The number of hydrogen-bond donors (Lipinski definition) is 3. The molecule has 1 aliphatic rings. The van der Waals surface area contributed by atoms with Crippen molar-refractivity contribution in [2.24, 2.45) is 5.84 Å². The van der Waals surface area contributed by atoms with Gasteiger partial charge in [0.15, 0.2) is 0 Å². The average Bonchev–Trinajstić information content (AvgIpc) is 2.06. The molecule has 0 aromatic carbocycles. The molecule has 1 amide bonds. The fraction of sp³-hybridized carbons (Fsp3) is 0.857. The van der Waals surface area contributed by atoms with Crippen LogP contribution in [0.3, 0.4) is 0 Å². The molecule has 1 fully saturated rings. The highest BCUT2D eigenvalue weighted by molar-refractivity contribution is 5.63. The Labute approximate surface area is 71.5 Å². The van der Waals surface area contributed by atoms with Gasteiger partial charge in [-0.25, -0.2) is 16.1 Å². The van der Waals surface area contributed by atoms with Gasteiger partial charge in [-0.1, -0.05) is 19.3 Å². The molecule has 1 aliphatic carbocycles. The molecule has 0 saturated heterocycles. The van der Waals surface area contributed by atoms with Crippen LogP contribution in [-0.4, -0.2) is 22.4 Å². The molecule has 0 spiro atoms. The summed E-state index contributed by atoms with van der Waals surface area (Å²) in [5.74, 6) is 5.17. The van der Waals surface area contributed by atoms with Crippen LogP contribution in [0.1, 0.15) is 32.1 Å². The zero-order valence-corrected chi connectivity index (χ0v) is 6.99. The van der Waals surface area contributed by atoms with E-state index in [4.69, 9.17) is 10.9 Å². The molecule has 0 bridgehead atoms. The second kappa shape index (κ2) is 4.27. The van der Waals surface area contributed by atoms with Gasteiger partial charge < -0.3 is 5.11 Å². The van der Waals surface area contributed by atoms with Crippen LogP contribution in [0, 0.1) is 0 Å². The van der Waals surface area contributed by atoms with Crippen LogP contribution < -0.4 is 11.3 Å². The van der Waals surface area contributed by atoms with E-state index in [2.05, 4.69) is 5.43 Å². The van der Waals surface area contributed by atoms with Gasteiger partial charge in [0.2, 0.25) is 0 Å². The van der Waals surface area contributed by atoms with Crippen LogP contribution in [0.5, 0.6) is 0 Å². The first kappa shape index (κ1) is 9.28. The second-order valence-electron chi connectivity index (χ2n) is 3.12. The van der Waals surface area contributed by atoms with Crippen molar-refractivity contribution in [3.05, 3.63) is 0 Å². The lowest BCUT2D eigenvalue weighted by atomic mass is 9.96. The molecule has 0 unspecified atom stereocenters. The van der Waals surface area contributed by atoms with E-state index in [0.717, 1.165) is 25.7 Å². The van der Waals surface area contributed by atoms with Crippen LogP contribution in [-0.2, 0) is 0 Å². The summed E-state index contributed by atoms with van der Waals surface area (Å²) in [4.78, 5) is 10.3. The minimum absolute atomic E-state index is 0.236. The summed E-state index contributed by atoms with van der Waals surface area (Å²) in [7, 11) is 0. The van der Waals surface area contributed by atoms with Gasteiger partial charge in [-0.05, 0) is 12.8 Å². The van der Waals surface area contributed by atoms with Crippen LogP contribution in [0.4, 0.5) is 4.79 Å². The molecule has 0 atom stereocenters. The molecule has 12 heavy (non-hydrogen) atoms. The van der Waals surface area contributed by atoms with Crippen LogP contribution in [0.2, 0.25) is 0 Å². The molecule has 70 valence electrons. The number of nitrogens with one attached hydrogen (secondary N) is 1. The molecule has 1 rings (SSSR count). The molecule has 4 N–H and O–H groups in total. The van der Waals surface area contributed by atoms with Gasteiger partial charge in [0.05, 0.1) is 0 Å². The summed E-state index contributed by atoms with van der Waals surface area (Å²) in [6, 6.07) is 0.236. The molecule has 0 aromatic heterocycles. The SMILES string of the molecule is NN(NC1CCCCC1)C(=O)O. The highest BCUT2D eigenvalue weighted by atomic mass is 16.4. The van der Waals surface area contributed by atoms with Crippen LogP contribution in [0.25, 0.3) is 0 Å². The van der Waals surface area contributed by atoms with E-state index in [-0.39, 0.29) is 6.04 Å². The Kier molecular flexibility index (Phi) is 3.31. The van der Waals surface area contributed by atoms with Gasteiger partial charge in [-0.2, -0.15) is 5.12 Å². The van der Waals surface area contributed by atoms with E-state index in [0.29, 0.717) is 5.12 Å². The van der Waals surface area contributed by atoms with Crippen molar-refractivity contribution >= 4 is 6.09 Å². The van der Waals surface area contributed by atoms with Gasteiger partial charge in [-0.3, -0.25) is 0 Å². The van der Waals surface area contributed by atoms with Crippen molar-refractivity contribution in [1.82, 2.24) is 10.5 Å². The van der Waals surface area contributed by atoms with Gasteiger partial charge in [-0.15, -0.1) is 0 Å². The van der Waals surface area contributed by atoms with Gasteiger partial charge >= 0.3 is 6.09 Å². The summed E-state index contributed by atoms with van der Waals surface area (Å²) in [6.45, 7) is 0. The number of hydrogen-bond acceptors (Lipinski definition) is 3. The number of hydrazine groups is 2. The van der Waals surface area contributed by atoms with E-state index in [1.54, 1.807) is 0 Å². The van der Waals surface area contributed by atoms with Gasteiger partial charge in [0, 0.05) is 6.04 Å². The standard InChI is InChI=1S/C7H15N3O2/c8-10(7(11)12)9-6-4-2-1-3-5-6/h6,9H,1-5,8H2,(H,11,12). The molecular weight excluding hydrogens is 158 g/mol. The Morgan fingerprint density at radius 2 is 2.00 bits per heavy atom. The summed E-state index contributed by atoms with van der Waals surface area (Å²) in [5, 5.41) is 9.10. The zero-order valence-electron chi connectivity index (χ0n) is 6.99.